The normalized spacial score (nSPS) is 11.9. The molecule has 4 rings (SSSR count). The van der Waals surface area contributed by atoms with Crippen molar-refractivity contribution in [1.29, 1.82) is 0 Å². The van der Waals surface area contributed by atoms with Crippen LogP contribution >= 0.6 is 0 Å². The summed E-state index contributed by atoms with van der Waals surface area (Å²) >= 11 is 0. The lowest BCUT2D eigenvalue weighted by Gasteiger charge is -2.39. The van der Waals surface area contributed by atoms with Crippen LogP contribution in [0.3, 0.4) is 0 Å². The molecule has 190 valence electrons. The molecule has 0 aromatic heterocycles. The summed E-state index contributed by atoms with van der Waals surface area (Å²) in [4.78, 5) is 7.50. The highest BCUT2D eigenvalue weighted by Gasteiger charge is 2.25. The fourth-order valence-corrected chi connectivity index (χ4v) is 5.82. The predicted molar refractivity (Wildman–Crippen MR) is 161 cm³/mol. The molecule has 4 aromatic carbocycles. The Kier molecular flexibility index (Phi) is 7.49. The van der Waals surface area contributed by atoms with E-state index in [4.69, 9.17) is 0 Å². The maximum atomic E-state index is 2.54. The van der Waals surface area contributed by atoms with Crippen molar-refractivity contribution in [1.82, 2.24) is 0 Å². The van der Waals surface area contributed by atoms with Crippen molar-refractivity contribution in [3.8, 4) is 0 Å². The van der Waals surface area contributed by atoms with Gasteiger partial charge in [0.05, 0.1) is 22.7 Å². The zero-order valence-corrected chi connectivity index (χ0v) is 23.6. The molecule has 0 bridgehead atoms. The lowest BCUT2D eigenvalue weighted by atomic mass is 10.0. The van der Waals surface area contributed by atoms with Gasteiger partial charge in [-0.2, -0.15) is 0 Å². The molecule has 0 saturated heterocycles. The molecular formula is C33H43N3. The Morgan fingerprint density at radius 3 is 0.917 bits per heavy atom. The van der Waals surface area contributed by atoms with E-state index in [9.17, 15) is 0 Å². The third-order valence-electron chi connectivity index (χ3n) is 7.19. The first-order valence-corrected chi connectivity index (χ1v) is 13.5. The van der Waals surface area contributed by atoms with Crippen molar-refractivity contribution < 1.29 is 0 Å². The van der Waals surface area contributed by atoms with Gasteiger partial charge >= 0.3 is 0 Å². The number of fused-ring (bicyclic) bond motifs is 2. The lowest BCUT2D eigenvalue weighted by molar-refractivity contribution is 0.607. The van der Waals surface area contributed by atoms with Crippen molar-refractivity contribution in [3.63, 3.8) is 0 Å². The topological polar surface area (TPSA) is 9.72 Å². The monoisotopic (exact) mass is 481 g/mol. The maximum Gasteiger partial charge on any atom is 0.0653 e. The summed E-state index contributed by atoms with van der Waals surface area (Å²) in [5.74, 6) is 0. The van der Waals surface area contributed by atoms with Crippen molar-refractivity contribution in [2.75, 3.05) is 21.7 Å². The van der Waals surface area contributed by atoms with Crippen LogP contribution in [-0.4, -0.2) is 31.2 Å². The number of benzene rings is 4. The predicted octanol–water partition coefficient (Wildman–Crippen LogP) is 9.01. The van der Waals surface area contributed by atoms with Crippen molar-refractivity contribution in [2.24, 2.45) is 0 Å². The third-order valence-corrected chi connectivity index (χ3v) is 7.19. The van der Waals surface area contributed by atoms with Crippen LogP contribution in [0.2, 0.25) is 0 Å². The van der Waals surface area contributed by atoms with Crippen LogP contribution in [0.4, 0.5) is 22.7 Å². The molecule has 4 aromatic rings. The number of nitrogens with zero attached hydrogens (tertiary/aromatic N) is 3. The van der Waals surface area contributed by atoms with E-state index in [1.54, 1.807) is 0 Å². The molecule has 3 nitrogen and oxygen atoms in total. The average molecular weight is 482 g/mol. The minimum absolute atomic E-state index is 0.386. The van der Waals surface area contributed by atoms with Crippen LogP contribution in [0.25, 0.3) is 21.5 Å². The van der Waals surface area contributed by atoms with Crippen LogP contribution in [0.5, 0.6) is 0 Å². The molecule has 0 N–H and O–H groups in total. The summed E-state index contributed by atoms with van der Waals surface area (Å²) in [6, 6.07) is 28.5. The summed E-state index contributed by atoms with van der Waals surface area (Å²) in [7, 11) is 2.24. The Bertz CT molecular complexity index is 1220. The summed E-state index contributed by atoms with van der Waals surface area (Å²) in [6.07, 6.45) is 0. The summed E-state index contributed by atoms with van der Waals surface area (Å²) in [5, 5.41) is 5.09. The molecule has 0 radical (unpaired) electrons. The highest BCUT2D eigenvalue weighted by atomic mass is 15.2. The molecule has 0 atom stereocenters. The number of hydrogen-bond acceptors (Lipinski definition) is 3. The lowest BCUT2D eigenvalue weighted by Crippen LogP contribution is -2.39. The van der Waals surface area contributed by atoms with Gasteiger partial charge in [-0.05, 0) is 101 Å². The molecule has 3 heteroatoms. The van der Waals surface area contributed by atoms with E-state index in [2.05, 4.69) is 150 Å². The molecule has 0 amide bonds. The SMILES string of the molecule is CC(C)N(c1cc2ccccc2cc1N(C)c1cc2ccccc2cc1N(C(C)C)C(C)C)C(C)C. The second kappa shape index (κ2) is 10.4. The summed E-state index contributed by atoms with van der Waals surface area (Å²) in [6.45, 7) is 18.3. The Hall–Kier alpha value is -3.20. The van der Waals surface area contributed by atoms with E-state index in [1.165, 1.54) is 44.3 Å². The molecule has 0 aliphatic heterocycles. The molecule has 0 saturated carbocycles. The van der Waals surface area contributed by atoms with E-state index in [0.717, 1.165) is 0 Å². The fraction of sp³-hybridized carbons (Fsp3) is 0.394. The second-order valence-electron chi connectivity index (χ2n) is 11.1. The highest BCUT2D eigenvalue weighted by Crippen LogP contribution is 2.43. The van der Waals surface area contributed by atoms with Gasteiger partial charge in [0, 0.05) is 31.2 Å². The van der Waals surface area contributed by atoms with Gasteiger partial charge in [0.1, 0.15) is 0 Å². The zero-order chi connectivity index (χ0) is 26.1. The van der Waals surface area contributed by atoms with E-state index in [-0.39, 0.29) is 0 Å². The van der Waals surface area contributed by atoms with Gasteiger partial charge in [-0.25, -0.2) is 0 Å². The number of hydrogen-bond donors (Lipinski definition) is 0. The third kappa shape index (κ3) is 4.89. The minimum atomic E-state index is 0.386. The largest absolute Gasteiger partial charge is 0.365 e. The first kappa shape index (κ1) is 25.9. The van der Waals surface area contributed by atoms with Gasteiger partial charge in [0.15, 0.2) is 0 Å². The molecule has 0 heterocycles. The average Bonchev–Trinajstić information content (AvgIpc) is 2.82. The quantitative estimate of drug-likeness (QED) is 0.248. The van der Waals surface area contributed by atoms with Crippen LogP contribution in [0.15, 0.2) is 72.8 Å². The smallest absolute Gasteiger partial charge is 0.0653 e. The zero-order valence-electron chi connectivity index (χ0n) is 23.6. The first-order chi connectivity index (χ1) is 17.1. The Morgan fingerprint density at radius 2 is 0.667 bits per heavy atom. The maximum absolute atomic E-state index is 2.54. The standard InChI is InChI=1S/C33H43N3/c1-22(2)35(23(3)4)32-20-28-16-12-10-14-26(28)18-30(32)34(9)31-19-27-15-11-13-17-29(27)21-33(31)36(24(5)6)25(7)8/h10-25H,1-9H3. The van der Waals surface area contributed by atoms with E-state index in [0.29, 0.717) is 24.2 Å². The first-order valence-electron chi connectivity index (χ1n) is 13.5. The summed E-state index contributed by atoms with van der Waals surface area (Å²) in [5.41, 5.74) is 5.03. The van der Waals surface area contributed by atoms with E-state index in [1.807, 2.05) is 0 Å². The van der Waals surface area contributed by atoms with Gasteiger partial charge in [-0.15, -0.1) is 0 Å². The van der Waals surface area contributed by atoms with E-state index >= 15 is 0 Å². The van der Waals surface area contributed by atoms with Crippen molar-refractivity contribution in [3.05, 3.63) is 72.8 Å². The molecule has 0 unspecified atom stereocenters. The number of rotatable bonds is 8. The molecule has 0 spiro atoms. The van der Waals surface area contributed by atoms with Gasteiger partial charge in [-0.3, -0.25) is 0 Å². The van der Waals surface area contributed by atoms with Gasteiger partial charge < -0.3 is 14.7 Å². The van der Waals surface area contributed by atoms with E-state index < -0.39 is 0 Å². The number of anilines is 4. The van der Waals surface area contributed by atoms with Gasteiger partial charge in [0.25, 0.3) is 0 Å². The Labute approximate surface area is 218 Å². The van der Waals surface area contributed by atoms with Gasteiger partial charge in [0.2, 0.25) is 0 Å². The van der Waals surface area contributed by atoms with Crippen LogP contribution in [0, 0.1) is 0 Å². The van der Waals surface area contributed by atoms with Crippen LogP contribution in [0.1, 0.15) is 55.4 Å². The minimum Gasteiger partial charge on any atom is -0.365 e. The van der Waals surface area contributed by atoms with Crippen molar-refractivity contribution in [2.45, 2.75) is 79.6 Å². The fourth-order valence-electron chi connectivity index (χ4n) is 5.82. The van der Waals surface area contributed by atoms with Crippen LogP contribution < -0.4 is 14.7 Å². The molecular weight excluding hydrogens is 438 g/mol. The highest BCUT2D eigenvalue weighted by molar-refractivity contribution is 5.98. The molecule has 0 aliphatic carbocycles. The molecule has 0 fully saturated rings. The van der Waals surface area contributed by atoms with Gasteiger partial charge in [-0.1, -0.05) is 48.5 Å². The summed E-state index contributed by atoms with van der Waals surface area (Å²) < 4.78 is 0. The second-order valence-corrected chi connectivity index (χ2v) is 11.1. The Balaban J connectivity index is 2.02. The molecule has 36 heavy (non-hydrogen) atoms. The Morgan fingerprint density at radius 1 is 0.417 bits per heavy atom. The van der Waals surface area contributed by atoms with Crippen molar-refractivity contribution >= 4 is 44.3 Å². The molecule has 0 aliphatic rings. The van der Waals surface area contributed by atoms with Crippen LogP contribution in [-0.2, 0) is 0 Å².